The first-order chi connectivity index (χ1) is 10.6. The molecule has 0 aliphatic rings. The average molecular weight is 286 g/mol. The summed E-state index contributed by atoms with van der Waals surface area (Å²) in [6.07, 6.45) is 0. The third kappa shape index (κ3) is 2.96. The molecule has 0 aliphatic carbocycles. The zero-order chi connectivity index (χ0) is 15.5. The molecule has 0 bridgehead atoms. The number of rotatable bonds is 3. The molecule has 3 rings (SSSR count). The molecule has 22 heavy (non-hydrogen) atoms. The Balaban J connectivity index is 1.95. The van der Waals surface area contributed by atoms with Crippen molar-refractivity contribution in [3.8, 4) is 22.3 Å². The first-order valence-corrected chi connectivity index (χ1v) is 7.91. The summed E-state index contributed by atoms with van der Waals surface area (Å²) in [5.41, 5.74) is 7.86. The minimum absolute atomic E-state index is 0.580. The van der Waals surface area contributed by atoms with Gasteiger partial charge in [-0.2, -0.15) is 0 Å². The number of hydrogen-bond donors (Lipinski definition) is 0. The lowest BCUT2D eigenvalue weighted by Gasteiger charge is -2.11. The van der Waals surface area contributed by atoms with E-state index in [1.807, 2.05) is 0 Å². The van der Waals surface area contributed by atoms with Crippen molar-refractivity contribution in [2.24, 2.45) is 0 Å². The topological polar surface area (TPSA) is 0 Å². The highest BCUT2D eigenvalue weighted by atomic mass is 14.1. The van der Waals surface area contributed by atoms with Gasteiger partial charge in [-0.15, -0.1) is 0 Å². The van der Waals surface area contributed by atoms with Crippen LogP contribution < -0.4 is 0 Å². The van der Waals surface area contributed by atoms with E-state index in [4.69, 9.17) is 0 Å². The molecule has 0 atom stereocenters. The fourth-order valence-electron chi connectivity index (χ4n) is 2.85. The second kappa shape index (κ2) is 6.19. The molecule has 0 aliphatic heterocycles. The minimum Gasteiger partial charge on any atom is -0.0622 e. The Morgan fingerprint density at radius 2 is 1.27 bits per heavy atom. The molecule has 0 heteroatoms. The SMILES string of the molecule is Cc1cc(-c2ccc(C(C)C)cc2)ccc1-c1ccccc1. The van der Waals surface area contributed by atoms with E-state index in [-0.39, 0.29) is 0 Å². The summed E-state index contributed by atoms with van der Waals surface area (Å²) in [6.45, 7) is 6.65. The lowest BCUT2D eigenvalue weighted by atomic mass is 9.94. The molecule has 0 nitrogen and oxygen atoms in total. The van der Waals surface area contributed by atoms with E-state index in [9.17, 15) is 0 Å². The van der Waals surface area contributed by atoms with Crippen molar-refractivity contribution in [2.45, 2.75) is 26.7 Å². The van der Waals surface area contributed by atoms with Gasteiger partial charge in [0.25, 0.3) is 0 Å². The van der Waals surface area contributed by atoms with Gasteiger partial charge >= 0.3 is 0 Å². The highest BCUT2D eigenvalue weighted by molar-refractivity contribution is 5.73. The third-order valence-electron chi connectivity index (χ3n) is 4.22. The molecule has 0 aromatic heterocycles. The maximum atomic E-state index is 2.28. The van der Waals surface area contributed by atoms with Gasteiger partial charge < -0.3 is 0 Å². The number of benzene rings is 3. The Hall–Kier alpha value is -2.34. The zero-order valence-corrected chi connectivity index (χ0v) is 13.5. The van der Waals surface area contributed by atoms with Crippen LogP contribution in [0.3, 0.4) is 0 Å². The van der Waals surface area contributed by atoms with Crippen LogP contribution >= 0.6 is 0 Å². The summed E-state index contributed by atoms with van der Waals surface area (Å²) in [4.78, 5) is 0. The van der Waals surface area contributed by atoms with Gasteiger partial charge in [-0.1, -0.05) is 86.6 Å². The van der Waals surface area contributed by atoms with Crippen molar-refractivity contribution in [3.63, 3.8) is 0 Å². The van der Waals surface area contributed by atoms with Crippen LogP contribution in [-0.2, 0) is 0 Å². The second-order valence-corrected chi connectivity index (χ2v) is 6.17. The van der Waals surface area contributed by atoms with Crippen LogP contribution in [0.5, 0.6) is 0 Å². The van der Waals surface area contributed by atoms with Crippen LogP contribution in [0.15, 0.2) is 72.8 Å². The van der Waals surface area contributed by atoms with Crippen LogP contribution in [0, 0.1) is 6.92 Å². The Labute approximate surface area is 133 Å². The number of hydrogen-bond acceptors (Lipinski definition) is 0. The average Bonchev–Trinajstić information content (AvgIpc) is 2.55. The van der Waals surface area contributed by atoms with Gasteiger partial charge in [-0.3, -0.25) is 0 Å². The summed E-state index contributed by atoms with van der Waals surface area (Å²) in [7, 11) is 0. The normalized spacial score (nSPS) is 10.9. The van der Waals surface area contributed by atoms with Crippen molar-refractivity contribution in [2.75, 3.05) is 0 Å². The molecule has 0 radical (unpaired) electrons. The van der Waals surface area contributed by atoms with Crippen molar-refractivity contribution in [1.29, 1.82) is 0 Å². The Kier molecular flexibility index (Phi) is 4.11. The largest absolute Gasteiger partial charge is 0.0622 e. The maximum Gasteiger partial charge on any atom is -0.0154 e. The fourth-order valence-corrected chi connectivity index (χ4v) is 2.85. The van der Waals surface area contributed by atoms with Crippen LogP contribution in [0.1, 0.15) is 30.9 Å². The van der Waals surface area contributed by atoms with Crippen molar-refractivity contribution < 1.29 is 0 Å². The summed E-state index contributed by atoms with van der Waals surface area (Å²) in [6, 6.07) is 26.2. The molecule has 3 aromatic carbocycles. The summed E-state index contributed by atoms with van der Waals surface area (Å²) < 4.78 is 0. The van der Waals surface area contributed by atoms with Gasteiger partial charge in [0.1, 0.15) is 0 Å². The van der Waals surface area contributed by atoms with Gasteiger partial charge in [0.2, 0.25) is 0 Å². The molecule has 110 valence electrons. The Morgan fingerprint density at radius 1 is 0.636 bits per heavy atom. The quantitative estimate of drug-likeness (QED) is 0.519. The smallest absolute Gasteiger partial charge is 0.0154 e. The van der Waals surface area contributed by atoms with Crippen LogP contribution in [0.4, 0.5) is 0 Å². The van der Waals surface area contributed by atoms with Crippen molar-refractivity contribution in [1.82, 2.24) is 0 Å². The minimum atomic E-state index is 0.580. The van der Waals surface area contributed by atoms with E-state index in [2.05, 4.69) is 93.6 Å². The van der Waals surface area contributed by atoms with Crippen molar-refractivity contribution in [3.05, 3.63) is 83.9 Å². The summed E-state index contributed by atoms with van der Waals surface area (Å²) in [5, 5.41) is 0. The maximum absolute atomic E-state index is 2.28. The van der Waals surface area contributed by atoms with E-state index in [0.717, 1.165) is 0 Å². The van der Waals surface area contributed by atoms with Gasteiger partial charge in [0.05, 0.1) is 0 Å². The zero-order valence-electron chi connectivity index (χ0n) is 13.5. The van der Waals surface area contributed by atoms with Gasteiger partial charge in [0.15, 0.2) is 0 Å². The lowest BCUT2D eigenvalue weighted by molar-refractivity contribution is 0.867. The Bertz CT molecular complexity index is 750. The molecule has 0 amide bonds. The molecular formula is C22H22. The molecule has 0 spiro atoms. The predicted molar refractivity (Wildman–Crippen MR) is 96.1 cm³/mol. The van der Waals surface area contributed by atoms with E-state index in [0.29, 0.717) is 5.92 Å². The second-order valence-electron chi connectivity index (χ2n) is 6.17. The Morgan fingerprint density at radius 3 is 1.86 bits per heavy atom. The first kappa shape index (κ1) is 14.6. The first-order valence-electron chi connectivity index (χ1n) is 7.91. The number of aryl methyl sites for hydroxylation is 1. The highest BCUT2D eigenvalue weighted by Crippen LogP contribution is 2.29. The van der Waals surface area contributed by atoms with Crippen molar-refractivity contribution >= 4 is 0 Å². The van der Waals surface area contributed by atoms with E-state index >= 15 is 0 Å². The van der Waals surface area contributed by atoms with Crippen LogP contribution in [0.25, 0.3) is 22.3 Å². The summed E-state index contributed by atoms with van der Waals surface area (Å²) >= 11 is 0. The summed E-state index contributed by atoms with van der Waals surface area (Å²) in [5.74, 6) is 0.580. The standard InChI is InChI=1S/C22H22/c1-16(2)18-9-11-19(12-10-18)21-13-14-22(17(3)15-21)20-7-5-4-6-8-20/h4-16H,1-3H3. The highest BCUT2D eigenvalue weighted by Gasteiger charge is 2.05. The lowest BCUT2D eigenvalue weighted by Crippen LogP contribution is -1.88. The van der Waals surface area contributed by atoms with E-state index in [1.54, 1.807) is 0 Å². The third-order valence-corrected chi connectivity index (χ3v) is 4.22. The van der Waals surface area contributed by atoms with Crippen LogP contribution in [0.2, 0.25) is 0 Å². The molecule has 0 saturated heterocycles. The molecule has 0 saturated carbocycles. The molecule has 0 N–H and O–H groups in total. The monoisotopic (exact) mass is 286 g/mol. The molecule has 3 aromatic rings. The molecule has 0 unspecified atom stereocenters. The van der Waals surface area contributed by atoms with Gasteiger partial charge in [-0.25, -0.2) is 0 Å². The van der Waals surface area contributed by atoms with Gasteiger partial charge in [-0.05, 0) is 46.2 Å². The molecule has 0 heterocycles. The molecular weight excluding hydrogens is 264 g/mol. The molecule has 0 fully saturated rings. The van der Waals surface area contributed by atoms with E-state index < -0.39 is 0 Å². The van der Waals surface area contributed by atoms with E-state index in [1.165, 1.54) is 33.4 Å². The predicted octanol–water partition coefficient (Wildman–Crippen LogP) is 6.45. The fraction of sp³-hybridized carbons (Fsp3) is 0.182. The van der Waals surface area contributed by atoms with Gasteiger partial charge in [0, 0.05) is 0 Å². The van der Waals surface area contributed by atoms with Crippen LogP contribution in [-0.4, -0.2) is 0 Å².